The summed E-state index contributed by atoms with van der Waals surface area (Å²) in [5.74, 6) is 1.32. The summed E-state index contributed by atoms with van der Waals surface area (Å²) in [6.45, 7) is 5.20. The second kappa shape index (κ2) is 7.25. The van der Waals surface area contributed by atoms with Crippen LogP contribution >= 0.6 is 0 Å². The molecular formula is C16H18N4O. The number of hydrogen-bond acceptors (Lipinski definition) is 5. The van der Waals surface area contributed by atoms with Crippen LogP contribution in [0.3, 0.4) is 0 Å². The number of hydrogen-bond donors (Lipinski definition) is 1. The molecule has 0 saturated heterocycles. The smallest absolute Gasteiger partial charge is 0.213 e. The molecule has 0 fully saturated rings. The summed E-state index contributed by atoms with van der Waals surface area (Å²) in [6.07, 6.45) is 2.74. The van der Waals surface area contributed by atoms with E-state index < -0.39 is 0 Å². The number of nitriles is 1. The number of aryl methyl sites for hydroxylation is 1. The van der Waals surface area contributed by atoms with Crippen molar-refractivity contribution in [3.05, 3.63) is 47.3 Å². The van der Waals surface area contributed by atoms with E-state index in [-0.39, 0.29) is 0 Å². The molecule has 108 valence electrons. The fourth-order valence-electron chi connectivity index (χ4n) is 1.74. The van der Waals surface area contributed by atoms with Gasteiger partial charge < -0.3 is 10.1 Å². The van der Waals surface area contributed by atoms with Gasteiger partial charge in [0.05, 0.1) is 6.61 Å². The third-order valence-corrected chi connectivity index (χ3v) is 2.93. The highest BCUT2D eigenvalue weighted by molar-refractivity contribution is 5.42. The van der Waals surface area contributed by atoms with Crippen molar-refractivity contribution in [2.24, 2.45) is 0 Å². The Morgan fingerprint density at radius 1 is 1.29 bits per heavy atom. The molecule has 0 bridgehead atoms. The average molecular weight is 282 g/mol. The van der Waals surface area contributed by atoms with Gasteiger partial charge in [-0.1, -0.05) is 19.1 Å². The predicted octanol–water partition coefficient (Wildman–Crippen LogP) is 3.06. The Balaban J connectivity index is 1.95. The standard InChI is InChI=1S/C16H18N4O/c1-3-8-21-16-7-5-13(11-19-16)10-18-15-6-4-12(2)14(9-17)20-15/h4-7,11H,3,8,10H2,1-2H3,(H,18,20). The SMILES string of the molecule is CCCOc1ccc(CNc2ccc(C)c(C#N)n2)cn1. The first-order chi connectivity index (χ1) is 10.2. The lowest BCUT2D eigenvalue weighted by Crippen LogP contribution is -2.04. The van der Waals surface area contributed by atoms with Crippen LogP contribution < -0.4 is 10.1 Å². The molecule has 2 heterocycles. The lowest BCUT2D eigenvalue weighted by Gasteiger charge is -2.08. The van der Waals surface area contributed by atoms with Gasteiger partial charge in [0.2, 0.25) is 5.88 Å². The topological polar surface area (TPSA) is 70.8 Å². The van der Waals surface area contributed by atoms with Crippen LogP contribution in [0.4, 0.5) is 5.82 Å². The van der Waals surface area contributed by atoms with Crippen molar-refractivity contribution in [1.29, 1.82) is 5.26 Å². The molecule has 0 aliphatic rings. The maximum atomic E-state index is 8.97. The van der Waals surface area contributed by atoms with E-state index in [0.717, 1.165) is 17.5 Å². The third-order valence-electron chi connectivity index (χ3n) is 2.93. The van der Waals surface area contributed by atoms with E-state index in [9.17, 15) is 0 Å². The van der Waals surface area contributed by atoms with Crippen LogP contribution in [0.15, 0.2) is 30.5 Å². The van der Waals surface area contributed by atoms with Gasteiger partial charge in [-0.3, -0.25) is 0 Å². The van der Waals surface area contributed by atoms with Gasteiger partial charge in [-0.2, -0.15) is 5.26 Å². The average Bonchev–Trinajstić information content (AvgIpc) is 2.53. The van der Waals surface area contributed by atoms with Crippen molar-refractivity contribution in [3.63, 3.8) is 0 Å². The van der Waals surface area contributed by atoms with Crippen molar-refractivity contribution in [1.82, 2.24) is 9.97 Å². The van der Waals surface area contributed by atoms with Crippen molar-refractivity contribution in [2.75, 3.05) is 11.9 Å². The van der Waals surface area contributed by atoms with Crippen LogP contribution in [-0.4, -0.2) is 16.6 Å². The minimum absolute atomic E-state index is 0.446. The van der Waals surface area contributed by atoms with Crippen molar-refractivity contribution < 1.29 is 4.74 Å². The van der Waals surface area contributed by atoms with Crippen LogP contribution in [-0.2, 0) is 6.54 Å². The van der Waals surface area contributed by atoms with E-state index in [1.807, 2.05) is 31.2 Å². The predicted molar refractivity (Wildman–Crippen MR) is 81.0 cm³/mol. The van der Waals surface area contributed by atoms with Crippen molar-refractivity contribution in [2.45, 2.75) is 26.8 Å². The lowest BCUT2D eigenvalue weighted by atomic mass is 10.2. The second-order valence-electron chi connectivity index (χ2n) is 4.68. The molecule has 0 atom stereocenters. The maximum Gasteiger partial charge on any atom is 0.213 e. The van der Waals surface area contributed by atoms with Gasteiger partial charge in [0.25, 0.3) is 0 Å². The fourth-order valence-corrected chi connectivity index (χ4v) is 1.74. The molecule has 0 radical (unpaired) electrons. The number of nitrogens with one attached hydrogen (secondary N) is 1. The van der Waals surface area contributed by atoms with Crippen LogP contribution in [0.1, 0.15) is 30.2 Å². The molecular weight excluding hydrogens is 264 g/mol. The quantitative estimate of drug-likeness (QED) is 0.881. The molecule has 0 aliphatic heterocycles. The van der Waals surface area contributed by atoms with E-state index >= 15 is 0 Å². The van der Waals surface area contributed by atoms with Gasteiger partial charge >= 0.3 is 0 Å². The van der Waals surface area contributed by atoms with Crippen LogP contribution in [0, 0.1) is 18.3 Å². The normalized spacial score (nSPS) is 9.95. The molecule has 0 unspecified atom stereocenters. The maximum absolute atomic E-state index is 8.97. The van der Waals surface area contributed by atoms with E-state index in [0.29, 0.717) is 30.5 Å². The Hall–Kier alpha value is -2.61. The molecule has 0 aromatic carbocycles. The monoisotopic (exact) mass is 282 g/mol. The fraction of sp³-hybridized carbons (Fsp3) is 0.312. The van der Waals surface area contributed by atoms with Crippen LogP contribution in [0.25, 0.3) is 0 Å². The molecule has 0 saturated carbocycles. The van der Waals surface area contributed by atoms with E-state index in [2.05, 4.69) is 28.3 Å². The highest BCUT2D eigenvalue weighted by atomic mass is 16.5. The second-order valence-corrected chi connectivity index (χ2v) is 4.68. The number of aromatic nitrogens is 2. The molecule has 2 aromatic rings. The molecule has 0 amide bonds. The minimum Gasteiger partial charge on any atom is -0.478 e. The summed E-state index contributed by atoms with van der Waals surface area (Å²) in [4.78, 5) is 8.49. The van der Waals surface area contributed by atoms with Gasteiger partial charge in [0, 0.05) is 18.8 Å². The molecule has 5 heteroatoms. The van der Waals surface area contributed by atoms with E-state index in [1.54, 1.807) is 6.20 Å². The first-order valence-electron chi connectivity index (χ1n) is 6.92. The summed E-state index contributed by atoms with van der Waals surface area (Å²) in [7, 11) is 0. The zero-order chi connectivity index (χ0) is 15.1. The molecule has 2 aromatic heterocycles. The molecule has 0 aliphatic carbocycles. The molecule has 2 rings (SSSR count). The summed E-state index contributed by atoms with van der Waals surface area (Å²) in [6, 6.07) is 9.65. The molecule has 21 heavy (non-hydrogen) atoms. The zero-order valence-corrected chi connectivity index (χ0v) is 12.3. The van der Waals surface area contributed by atoms with Gasteiger partial charge in [-0.15, -0.1) is 0 Å². The number of rotatable bonds is 6. The lowest BCUT2D eigenvalue weighted by molar-refractivity contribution is 0.305. The summed E-state index contributed by atoms with van der Waals surface area (Å²) < 4.78 is 5.44. The highest BCUT2D eigenvalue weighted by Gasteiger charge is 2.02. The number of nitrogens with zero attached hydrogens (tertiary/aromatic N) is 3. The largest absolute Gasteiger partial charge is 0.478 e. The van der Waals surface area contributed by atoms with E-state index in [4.69, 9.17) is 10.00 Å². The summed E-state index contributed by atoms with van der Waals surface area (Å²) >= 11 is 0. The Morgan fingerprint density at radius 3 is 2.81 bits per heavy atom. The number of pyridine rings is 2. The van der Waals surface area contributed by atoms with Gasteiger partial charge in [-0.05, 0) is 30.5 Å². The Morgan fingerprint density at radius 2 is 2.14 bits per heavy atom. The van der Waals surface area contributed by atoms with Crippen molar-refractivity contribution >= 4 is 5.82 Å². The highest BCUT2D eigenvalue weighted by Crippen LogP contribution is 2.12. The van der Waals surface area contributed by atoms with Crippen LogP contribution in [0.5, 0.6) is 5.88 Å². The van der Waals surface area contributed by atoms with Gasteiger partial charge in [0.1, 0.15) is 17.6 Å². The van der Waals surface area contributed by atoms with Crippen molar-refractivity contribution in [3.8, 4) is 11.9 Å². The number of ether oxygens (including phenoxy) is 1. The Kier molecular flexibility index (Phi) is 5.10. The van der Waals surface area contributed by atoms with E-state index in [1.165, 1.54) is 0 Å². The molecule has 0 spiro atoms. The summed E-state index contributed by atoms with van der Waals surface area (Å²) in [5, 5.41) is 12.1. The molecule has 1 N–H and O–H groups in total. The Bertz CT molecular complexity index is 632. The zero-order valence-electron chi connectivity index (χ0n) is 12.3. The first-order valence-corrected chi connectivity index (χ1v) is 6.92. The third kappa shape index (κ3) is 4.18. The first kappa shape index (κ1) is 14.8. The minimum atomic E-state index is 0.446. The summed E-state index contributed by atoms with van der Waals surface area (Å²) in [5.41, 5.74) is 2.35. The van der Waals surface area contributed by atoms with Gasteiger partial charge in [-0.25, -0.2) is 9.97 Å². The van der Waals surface area contributed by atoms with Gasteiger partial charge in [0.15, 0.2) is 0 Å². The molecule has 5 nitrogen and oxygen atoms in total. The number of anilines is 1. The Labute approximate surface area is 124 Å². The van der Waals surface area contributed by atoms with Crippen LogP contribution in [0.2, 0.25) is 0 Å².